The van der Waals surface area contributed by atoms with Crippen LogP contribution in [0.5, 0.6) is 0 Å². The molecule has 1 N–H and O–H groups in total. The van der Waals surface area contributed by atoms with Gasteiger partial charge in [-0.3, -0.25) is 0 Å². The second-order valence-corrected chi connectivity index (χ2v) is 5.20. The number of benzene rings is 2. The van der Waals surface area contributed by atoms with Gasteiger partial charge in [-0.1, -0.05) is 39.3 Å². The molecule has 0 spiro atoms. The van der Waals surface area contributed by atoms with Gasteiger partial charge in [0.05, 0.1) is 17.6 Å². The summed E-state index contributed by atoms with van der Waals surface area (Å²) in [5, 5.41) is 17.1. The van der Waals surface area contributed by atoms with Crippen LogP contribution in [0.4, 0.5) is 0 Å². The molecule has 3 rings (SSSR count). The van der Waals surface area contributed by atoms with Gasteiger partial charge in [0, 0.05) is 4.47 Å². The van der Waals surface area contributed by atoms with E-state index in [4.69, 9.17) is 5.11 Å². The highest BCUT2D eigenvalue weighted by molar-refractivity contribution is 9.10. The van der Waals surface area contributed by atoms with Gasteiger partial charge in [0.2, 0.25) is 0 Å². The first-order valence-corrected chi connectivity index (χ1v) is 6.74. The Morgan fingerprint density at radius 1 is 1.25 bits per heavy atom. The third-order valence-corrected chi connectivity index (χ3v) is 3.81. The van der Waals surface area contributed by atoms with E-state index in [9.17, 15) is 4.79 Å². The molecule has 100 valence electrons. The highest BCUT2D eigenvalue weighted by Gasteiger charge is 2.10. The summed E-state index contributed by atoms with van der Waals surface area (Å²) < 4.78 is 2.76. The molecule has 3 aromatic rings. The van der Waals surface area contributed by atoms with Gasteiger partial charge in [0.1, 0.15) is 5.52 Å². The molecule has 2 aromatic carbocycles. The number of nitrogens with zero attached hydrogens (tertiary/aromatic N) is 3. The molecule has 20 heavy (non-hydrogen) atoms. The quantitative estimate of drug-likeness (QED) is 0.801. The summed E-state index contributed by atoms with van der Waals surface area (Å²) in [6, 6.07) is 12.7. The summed E-state index contributed by atoms with van der Waals surface area (Å²) in [5.41, 5.74) is 2.69. The van der Waals surface area contributed by atoms with Crippen molar-refractivity contribution in [1.29, 1.82) is 0 Å². The van der Waals surface area contributed by atoms with E-state index in [1.807, 2.05) is 24.3 Å². The molecule has 0 atom stereocenters. The summed E-state index contributed by atoms with van der Waals surface area (Å²) in [7, 11) is 0. The van der Waals surface area contributed by atoms with Crippen LogP contribution in [0.3, 0.4) is 0 Å². The molecule has 0 aliphatic rings. The average molecular weight is 332 g/mol. The van der Waals surface area contributed by atoms with E-state index in [1.54, 1.807) is 16.8 Å². The normalized spacial score (nSPS) is 10.8. The number of carbonyl (C=O) groups is 1. The van der Waals surface area contributed by atoms with Gasteiger partial charge >= 0.3 is 5.97 Å². The fourth-order valence-corrected chi connectivity index (χ4v) is 2.42. The maximum absolute atomic E-state index is 10.9. The number of hydrogen-bond donors (Lipinski definition) is 1. The molecule has 0 fully saturated rings. The van der Waals surface area contributed by atoms with Crippen LogP contribution in [0.2, 0.25) is 0 Å². The van der Waals surface area contributed by atoms with Crippen LogP contribution in [-0.2, 0) is 6.54 Å². The Labute approximate surface area is 123 Å². The van der Waals surface area contributed by atoms with Crippen LogP contribution in [0.25, 0.3) is 11.0 Å². The van der Waals surface area contributed by atoms with Gasteiger partial charge in [-0.15, -0.1) is 5.10 Å². The van der Waals surface area contributed by atoms with Gasteiger partial charge < -0.3 is 5.11 Å². The highest BCUT2D eigenvalue weighted by atomic mass is 79.9. The Balaban J connectivity index is 2.01. The van der Waals surface area contributed by atoms with Gasteiger partial charge in [-0.25, -0.2) is 9.48 Å². The molecule has 1 heterocycles. The highest BCUT2D eigenvalue weighted by Crippen LogP contribution is 2.19. The number of aromatic nitrogens is 3. The smallest absolute Gasteiger partial charge is 0.335 e. The van der Waals surface area contributed by atoms with Crippen molar-refractivity contribution in [2.45, 2.75) is 6.54 Å². The van der Waals surface area contributed by atoms with Crippen molar-refractivity contribution < 1.29 is 9.90 Å². The number of halogens is 1. The van der Waals surface area contributed by atoms with E-state index >= 15 is 0 Å². The van der Waals surface area contributed by atoms with Crippen LogP contribution in [0, 0.1) is 0 Å². The lowest BCUT2D eigenvalue weighted by atomic mass is 10.2. The Bertz CT molecular complexity index is 798. The Kier molecular flexibility index (Phi) is 3.23. The average Bonchev–Trinajstić information content (AvgIpc) is 2.84. The summed E-state index contributed by atoms with van der Waals surface area (Å²) in [6.45, 7) is 0.574. The molecule has 0 bridgehead atoms. The van der Waals surface area contributed by atoms with Crippen molar-refractivity contribution in [2.24, 2.45) is 0 Å². The molecule has 0 aliphatic heterocycles. The minimum atomic E-state index is -0.966. The Morgan fingerprint density at radius 3 is 2.80 bits per heavy atom. The lowest BCUT2D eigenvalue weighted by Crippen LogP contribution is -2.02. The molecule has 0 unspecified atom stereocenters. The van der Waals surface area contributed by atoms with Crippen molar-refractivity contribution in [3.8, 4) is 0 Å². The topological polar surface area (TPSA) is 68.0 Å². The van der Waals surface area contributed by atoms with Crippen LogP contribution >= 0.6 is 15.9 Å². The van der Waals surface area contributed by atoms with Gasteiger partial charge in [-0.05, 0) is 29.8 Å². The molecule has 0 radical (unpaired) electrons. The molecule has 0 aliphatic carbocycles. The predicted molar refractivity (Wildman–Crippen MR) is 77.7 cm³/mol. The molecular weight excluding hydrogens is 322 g/mol. The van der Waals surface area contributed by atoms with Crippen molar-refractivity contribution in [3.05, 3.63) is 58.1 Å². The van der Waals surface area contributed by atoms with E-state index < -0.39 is 5.97 Å². The minimum absolute atomic E-state index is 0.213. The van der Waals surface area contributed by atoms with Crippen molar-refractivity contribution in [2.75, 3.05) is 0 Å². The van der Waals surface area contributed by atoms with Crippen LogP contribution < -0.4 is 0 Å². The molecular formula is C14H10BrN3O2. The number of hydrogen-bond acceptors (Lipinski definition) is 3. The van der Waals surface area contributed by atoms with E-state index in [1.165, 1.54) is 6.07 Å². The molecule has 5 nitrogen and oxygen atoms in total. The van der Waals surface area contributed by atoms with Gasteiger partial charge in [0.15, 0.2) is 0 Å². The van der Waals surface area contributed by atoms with E-state index in [0.717, 1.165) is 15.6 Å². The fraction of sp³-hybridized carbons (Fsp3) is 0.0714. The van der Waals surface area contributed by atoms with Gasteiger partial charge in [-0.2, -0.15) is 0 Å². The third-order valence-electron chi connectivity index (χ3n) is 3.04. The van der Waals surface area contributed by atoms with Crippen molar-refractivity contribution in [3.63, 3.8) is 0 Å². The minimum Gasteiger partial charge on any atom is -0.478 e. The lowest BCUT2D eigenvalue weighted by Gasteiger charge is -2.05. The Hall–Kier alpha value is -2.21. The van der Waals surface area contributed by atoms with Crippen LogP contribution in [0.1, 0.15) is 15.9 Å². The molecule has 1 aromatic heterocycles. The van der Waals surface area contributed by atoms with Crippen LogP contribution in [0.15, 0.2) is 46.9 Å². The molecule has 0 saturated heterocycles. The number of carboxylic acid groups (broad SMARTS) is 1. The number of rotatable bonds is 3. The van der Waals surface area contributed by atoms with E-state index in [0.29, 0.717) is 12.1 Å². The van der Waals surface area contributed by atoms with Crippen LogP contribution in [-0.4, -0.2) is 26.1 Å². The predicted octanol–water partition coefficient (Wildman–Crippen LogP) is 2.94. The Morgan fingerprint density at radius 2 is 2.05 bits per heavy atom. The second-order valence-electron chi connectivity index (χ2n) is 4.35. The summed E-state index contributed by atoms with van der Waals surface area (Å²) in [6.07, 6.45) is 0. The standard InChI is InChI=1S/C14H10BrN3O2/c15-11-4-2-1-3-10(11)8-18-13-6-5-9(14(19)20)7-12(13)16-17-18/h1-7H,8H2,(H,19,20). The molecule has 0 saturated carbocycles. The maximum atomic E-state index is 10.9. The molecule has 0 amide bonds. The number of carboxylic acids is 1. The zero-order chi connectivity index (χ0) is 14.1. The largest absolute Gasteiger partial charge is 0.478 e. The van der Waals surface area contributed by atoms with Crippen molar-refractivity contribution >= 4 is 32.9 Å². The van der Waals surface area contributed by atoms with Crippen molar-refractivity contribution in [1.82, 2.24) is 15.0 Å². The van der Waals surface area contributed by atoms with Gasteiger partial charge in [0.25, 0.3) is 0 Å². The zero-order valence-electron chi connectivity index (χ0n) is 10.3. The third kappa shape index (κ3) is 2.30. The number of aromatic carboxylic acids is 1. The first-order chi connectivity index (χ1) is 9.65. The SMILES string of the molecule is O=C(O)c1ccc2c(c1)nnn2Cc1ccccc1Br. The molecule has 6 heteroatoms. The first kappa shape index (κ1) is 12.8. The van der Waals surface area contributed by atoms with E-state index in [2.05, 4.69) is 26.2 Å². The lowest BCUT2D eigenvalue weighted by molar-refractivity contribution is 0.0697. The maximum Gasteiger partial charge on any atom is 0.335 e. The number of fused-ring (bicyclic) bond motifs is 1. The fourth-order valence-electron chi connectivity index (χ4n) is 2.01. The zero-order valence-corrected chi connectivity index (χ0v) is 11.9. The first-order valence-electron chi connectivity index (χ1n) is 5.95. The van der Waals surface area contributed by atoms with E-state index in [-0.39, 0.29) is 5.56 Å². The summed E-state index contributed by atoms with van der Waals surface area (Å²) in [4.78, 5) is 10.9. The second kappa shape index (κ2) is 5.05. The summed E-state index contributed by atoms with van der Waals surface area (Å²) >= 11 is 3.50. The monoisotopic (exact) mass is 331 g/mol. The summed E-state index contributed by atoms with van der Waals surface area (Å²) in [5.74, 6) is -0.966.